The summed E-state index contributed by atoms with van der Waals surface area (Å²) in [6, 6.07) is 9.26. The fourth-order valence-electron chi connectivity index (χ4n) is 3.38. The maximum Gasteiger partial charge on any atom is 0.471 e. The van der Waals surface area contributed by atoms with E-state index in [-0.39, 0.29) is 5.69 Å². The van der Waals surface area contributed by atoms with E-state index in [1.165, 1.54) is 0 Å². The summed E-state index contributed by atoms with van der Waals surface area (Å²) < 4.78 is 37.4. The number of benzene rings is 2. The number of carbonyl (C=O) groups excluding carboxylic acids is 1. The van der Waals surface area contributed by atoms with Crippen LogP contribution in [0.3, 0.4) is 0 Å². The van der Waals surface area contributed by atoms with Gasteiger partial charge in [-0.25, -0.2) is 0 Å². The zero-order valence-corrected chi connectivity index (χ0v) is 16.2. The summed E-state index contributed by atoms with van der Waals surface area (Å²) in [6.45, 7) is 7.85. The molecule has 3 rings (SSSR count). The van der Waals surface area contributed by atoms with Gasteiger partial charge in [-0.1, -0.05) is 19.9 Å². The number of amides is 1. The molecule has 4 nitrogen and oxygen atoms in total. The molecule has 0 aliphatic heterocycles. The van der Waals surface area contributed by atoms with Crippen LogP contribution in [0, 0.1) is 13.8 Å². The average molecular weight is 389 g/mol. The van der Waals surface area contributed by atoms with Gasteiger partial charge in [0.2, 0.25) is 0 Å². The van der Waals surface area contributed by atoms with Crippen LogP contribution >= 0.6 is 0 Å². The number of anilines is 1. The normalized spacial score (nSPS) is 12.0. The maximum absolute atomic E-state index is 12.5. The molecule has 0 aliphatic rings. The lowest BCUT2D eigenvalue weighted by Gasteiger charge is -2.14. The Labute approximate surface area is 161 Å². The van der Waals surface area contributed by atoms with E-state index < -0.39 is 12.1 Å². The molecule has 0 saturated heterocycles. The largest absolute Gasteiger partial charge is 0.471 e. The molecule has 0 fully saturated rings. The molecule has 1 heterocycles. The number of alkyl halides is 3. The van der Waals surface area contributed by atoms with Crippen LogP contribution in [0.1, 0.15) is 47.7 Å². The average Bonchev–Trinajstić information content (AvgIpc) is 3.00. The van der Waals surface area contributed by atoms with Crippen molar-refractivity contribution in [2.24, 2.45) is 0 Å². The Morgan fingerprint density at radius 1 is 1.14 bits per heavy atom. The molecule has 0 saturated carbocycles. The number of hydrogen-bond acceptors (Lipinski definition) is 2. The van der Waals surface area contributed by atoms with Crippen molar-refractivity contribution in [2.75, 3.05) is 5.32 Å². The second-order valence-corrected chi connectivity index (χ2v) is 7.36. The highest BCUT2D eigenvalue weighted by molar-refractivity contribution is 5.95. The molecule has 0 aliphatic carbocycles. The van der Waals surface area contributed by atoms with E-state index in [9.17, 15) is 18.0 Å². The molecule has 2 N–H and O–H groups in total. The Balaban J connectivity index is 1.89. The second-order valence-electron chi connectivity index (χ2n) is 7.36. The molecule has 0 unspecified atom stereocenters. The number of hydrogen-bond donors (Lipinski definition) is 2. The van der Waals surface area contributed by atoms with Crippen molar-refractivity contribution in [1.82, 2.24) is 10.2 Å². The molecule has 148 valence electrons. The van der Waals surface area contributed by atoms with E-state index in [0.717, 1.165) is 38.9 Å². The summed E-state index contributed by atoms with van der Waals surface area (Å²) in [5.41, 5.74) is 5.91. The first-order valence-electron chi connectivity index (χ1n) is 9.01. The van der Waals surface area contributed by atoms with Crippen molar-refractivity contribution in [3.05, 3.63) is 58.3 Å². The van der Waals surface area contributed by atoms with E-state index in [0.29, 0.717) is 12.3 Å². The first-order chi connectivity index (χ1) is 13.1. The lowest BCUT2D eigenvalue weighted by Crippen LogP contribution is -2.30. The Morgan fingerprint density at radius 3 is 2.36 bits per heavy atom. The van der Waals surface area contributed by atoms with Crippen molar-refractivity contribution >= 4 is 22.5 Å². The van der Waals surface area contributed by atoms with Gasteiger partial charge in [0.25, 0.3) is 0 Å². The number of nitrogens with zero attached hydrogens (tertiary/aromatic N) is 1. The van der Waals surface area contributed by atoms with E-state index in [4.69, 9.17) is 0 Å². The first kappa shape index (κ1) is 19.9. The molecule has 0 spiro atoms. The summed E-state index contributed by atoms with van der Waals surface area (Å²) >= 11 is 0. The number of aromatic amines is 1. The Morgan fingerprint density at radius 2 is 1.79 bits per heavy atom. The molecule has 2 aromatic carbocycles. The number of rotatable bonds is 4. The third-order valence-corrected chi connectivity index (χ3v) is 4.80. The van der Waals surface area contributed by atoms with Crippen molar-refractivity contribution in [2.45, 2.75) is 46.2 Å². The van der Waals surface area contributed by atoms with Crippen LogP contribution in [0.15, 0.2) is 30.3 Å². The van der Waals surface area contributed by atoms with Gasteiger partial charge < -0.3 is 5.32 Å². The van der Waals surface area contributed by atoms with Gasteiger partial charge in [0.1, 0.15) is 0 Å². The van der Waals surface area contributed by atoms with Gasteiger partial charge in [-0.2, -0.15) is 18.3 Å². The van der Waals surface area contributed by atoms with Crippen molar-refractivity contribution in [1.29, 1.82) is 0 Å². The molecule has 0 bridgehead atoms. The lowest BCUT2D eigenvalue weighted by atomic mass is 9.94. The molecule has 1 aromatic heterocycles. The predicted molar refractivity (Wildman–Crippen MR) is 104 cm³/mol. The van der Waals surface area contributed by atoms with Gasteiger partial charge in [0.05, 0.1) is 11.2 Å². The number of nitrogens with one attached hydrogen (secondary N) is 2. The highest BCUT2D eigenvalue weighted by atomic mass is 19.4. The predicted octanol–water partition coefficient (Wildman–Crippen LogP) is 5.39. The van der Waals surface area contributed by atoms with E-state index >= 15 is 0 Å². The number of aromatic nitrogens is 2. The second kappa shape index (κ2) is 7.30. The van der Waals surface area contributed by atoms with Crippen LogP contribution in [0.25, 0.3) is 10.9 Å². The summed E-state index contributed by atoms with van der Waals surface area (Å²) in [7, 11) is 0. The van der Waals surface area contributed by atoms with Crippen LogP contribution in [-0.2, 0) is 11.2 Å². The van der Waals surface area contributed by atoms with Gasteiger partial charge >= 0.3 is 12.1 Å². The molecule has 0 radical (unpaired) electrons. The fourth-order valence-corrected chi connectivity index (χ4v) is 3.38. The molecule has 28 heavy (non-hydrogen) atoms. The van der Waals surface area contributed by atoms with Gasteiger partial charge in [-0.3, -0.25) is 9.89 Å². The summed E-state index contributed by atoms with van der Waals surface area (Å²) in [6.07, 6.45) is -4.27. The summed E-state index contributed by atoms with van der Waals surface area (Å²) in [5.74, 6) is -1.67. The molecule has 0 atom stereocenters. The summed E-state index contributed by atoms with van der Waals surface area (Å²) in [4.78, 5) is 11.2. The minimum Gasteiger partial charge on any atom is -0.318 e. The third-order valence-electron chi connectivity index (χ3n) is 4.80. The minimum absolute atomic E-state index is 0.147. The number of fused-ring (bicyclic) bond motifs is 1. The van der Waals surface area contributed by atoms with Crippen LogP contribution in [0.2, 0.25) is 0 Å². The van der Waals surface area contributed by atoms with E-state index in [2.05, 4.69) is 30.1 Å². The molecule has 7 heteroatoms. The van der Waals surface area contributed by atoms with Crippen molar-refractivity contribution < 1.29 is 18.0 Å². The van der Waals surface area contributed by atoms with Crippen molar-refractivity contribution in [3.8, 4) is 0 Å². The molecular formula is C21H22F3N3O. The topological polar surface area (TPSA) is 57.8 Å². The number of aryl methyl sites for hydroxylation is 2. The monoisotopic (exact) mass is 389 g/mol. The highest BCUT2D eigenvalue weighted by Crippen LogP contribution is 2.28. The van der Waals surface area contributed by atoms with Crippen LogP contribution in [0.4, 0.5) is 18.9 Å². The zero-order valence-electron chi connectivity index (χ0n) is 16.2. The van der Waals surface area contributed by atoms with Crippen LogP contribution in [0.5, 0.6) is 0 Å². The van der Waals surface area contributed by atoms with Gasteiger partial charge in [0.15, 0.2) is 0 Å². The van der Waals surface area contributed by atoms with E-state index in [1.807, 2.05) is 31.3 Å². The molecular weight excluding hydrogens is 367 g/mol. The molecule has 1 amide bonds. The van der Waals surface area contributed by atoms with E-state index in [1.54, 1.807) is 12.1 Å². The van der Waals surface area contributed by atoms with Gasteiger partial charge in [0, 0.05) is 11.1 Å². The van der Waals surface area contributed by atoms with Crippen LogP contribution in [-0.4, -0.2) is 22.3 Å². The standard InChI is InChI=1S/C21H22F3N3O/c1-11(2)19-17-10-14(5-6-18(17)26-27-19)9-16-12(3)7-15(8-13(16)4)25-20(28)21(22,23)24/h5-8,10-11H,9H2,1-4H3,(H,25,28)(H,26,27). The number of halogens is 3. The minimum atomic E-state index is -4.91. The van der Waals surface area contributed by atoms with Gasteiger partial charge in [-0.05, 0) is 72.7 Å². The number of carbonyl (C=O) groups is 1. The Bertz CT molecular complexity index is 1010. The lowest BCUT2D eigenvalue weighted by molar-refractivity contribution is -0.167. The first-order valence-corrected chi connectivity index (χ1v) is 9.01. The van der Waals surface area contributed by atoms with Crippen LogP contribution < -0.4 is 5.32 Å². The fraction of sp³-hybridized carbons (Fsp3) is 0.333. The highest BCUT2D eigenvalue weighted by Gasteiger charge is 2.38. The SMILES string of the molecule is Cc1cc(NC(=O)C(F)(F)F)cc(C)c1Cc1ccc2[nH]nc(C(C)C)c2c1. The Kier molecular flexibility index (Phi) is 5.19. The van der Waals surface area contributed by atoms with Crippen molar-refractivity contribution in [3.63, 3.8) is 0 Å². The Hall–Kier alpha value is -2.83. The van der Waals surface area contributed by atoms with Gasteiger partial charge in [-0.15, -0.1) is 0 Å². The molecule has 3 aromatic rings. The quantitative estimate of drug-likeness (QED) is 0.628. The maximum atomic E-state index is 12.5. The summed E-state index contributed by atoms with van der Waals surface area (Å²) in [5, 5.41) is 10.4. The third kappa shape index (κ3) is 4.03. The smallest absolute Gasteiger partial charge is 0.318 e. The zero-order chi connectivity index (χ0) is 20.6. The number of H-pyrrole nitrogens is 1.